The van der Waals surface area contributed by atoms with Gasteiger partial charge in [0.1, 0.15) is 17.2 Å². The van der Waals surface area contributed by atoms with Gasteiger partial charge in [0.25, 0.3) is 0 Å². The molecule has 0 bridgehead atoms. The zero-order valence-corrected chi connectivity index (χ0v) is 13.4. The molecule has 0 aliphatic carbocycles. The van der Waals surface area contributed by atoms with Crippen LogP contribution in [-0.2, 0) is 6.54 Å². The van der Waals surface area contributed by atoms with Crippen molar-refractivity contribution in [2.75, 3.05) is 26.1 Å². The van der Waals surface area contributed by atoms with Gasteiger partial charge < -0.3 is 19.5 Å². The van der Waals surface area contributed by atoms with Crippen LogP contribution in [0.3, 0.4) is 0 Å². The van der Waals surface area contributed by atoms with Crippen LogP contribution in [0.4, 0.5) is 5.69 Å². The van der Waals surface area contributed by atoms with Crippen LogP contribution in [0.2, 0.25) is 0 Å². The van der Waals surface area contributed by atoms with Gasteiger partial charge in [-0.2, -0.15) is 0 Å². The molecule has 0 aromatic heterocycles. The van der Waals surface area contributed by atoms with Gasteiger partial charge in [0.15, 0.2) is 0 Å². The Bertz CT molecular complexity index is 599. The molecule has 22 heavy (non-hydrogen) atoms. The lowest BCUT2D eigenvalue weighted by atomic mass is 10.2. The first-order valence-electron chi connectivity index (χ1n) is 7.45. The lowest BCUT2D eigenvalue weighted by molar-refractivity contribution is 0.314. The van der Waals surface area contributed by atoms with Crippen LogP contribution in [0.1, 0.15) is 18.9 Å². The molecule has 118 valence electrons. The second kappa shape index (κ2) is 8.17. The van der Waals surface area contributed by atoms with Crippen LogP contribution in [0.5, 0.6) is 17.2 Å². The van der Waals surface area contributed by atoms with E-state index >= 15 is 0 Å². The van der Waals surface area contributed by atoms with Crippen molar-refractivity contribution in [1.29, 1.82) is 0 Å². The number of anilines is 1. The van der Waals surface area contributed by atoms with Crippen molar-refractivity contribution in [2.45, 2.75) is 19.9 Å². The fourth-order valence-corrected chi connectivity index (χ4v) is 2.15. The van der Waals surface area contributed by atoms with Gasteiger partial charge in [0, 0.05) is 18.2 Å². The largest absolute Gasteiger partial charge is 0.497 e. The zero-order chi connectivity index (χ0) is 15.8. The Kier molecular flexibility index (Phi) is 5.95. The van der Waals surface area contributed by atoms with Crippen LogP contribution >= 0.6 is 0 Å². The van der Waals surface area contributed by atoms with Crippen molar-refractivity contribution in [3.8, 4) is 17.2 Å². The Morgan fingerprint density at radius 2 is 1.77 bits per heavy atom. The highest BCUT2D eigenvalue weighted by Gasteiger charge is 2.07. The van der Waals surface area contributed by atoms with E-state index in [1.165, 1.54) is 0 Å². The Labute approximate surface area is 132 Å². The van der Waals surface area contributed by atoms with Crippen molar-refractivity contribution in [3.05, 3.63) is 48.0 Å². The molecule has 2 rings (SSSR count). The molecule has 0 saturated carbocycles. The maximum atomic E-state index is 5.78. The number of rotatable bonds is 8. The van der Waals surface area contributed by atoms with Crippen molar-refractivity contribution in [3.63, 3.8) is 0 Å². The zero-order valence-electron chi connectivity index (χ0n) is 13.4. The van der Waals surface area contributed by atoms with Crippen LogP contribution in [0, 0.1) is 0 Å². The summed E-state index contributed by atoms with van der Waals surface area (Å²) in [6.45, 7) is 3.48. The van der Waals surface area contributed by atoms with Gasteiger partial charge in [-0.05, 0) is 24.6 Å². The van der Waals surface area contributed by atoms with Crippen LogP contribution < -0.4 is 19.5 Å². The molecule has 4 nitrogen and oxygen atoms in total. The Morgan fingerprint density at radius 1 is 0.955 bits per heavy atom. The summed E-state index contributed by atoms with van der Waals surface area (Å²) in [5.41, 5.74) is 2.01. The van der Waals surface area contributed by atoms with Gasteiger partial charge >= 0.3 is 0 Å². The van der Waals surface area contributed by atoms with E-state index in [9.17, 15) is 0 Å². The third-order valence-electron chi connectivity index (χ3n) is 3.31. The molecule has 1 N–H and O–H groups in total. The molecule has 0 heterocycles. The lowest BCUT2D eigenvalue weighted by Crippen LogP contribution is -2.05. The van der Waals surface area contributed by atoms with Crippen molar-refractivity contribution >= 4 is 5.69 Å². The molecular weight excluding hydrogens is 278 g/mol. The molecule has 0 amide bonds. The second-order valence-corrected chi connectivity index (χ2v) is 4.88. The number of nitrogens with one attached hydrogen (secondary N) is 1. The van der Waals surface area contributed by atoms with Crippen LogP contribution in [0.15, 0.2) is 42.5 Å². The van der Waals surface area contributed by atoms with E-state index in [1.54, 1.807) is 14.2 Å². The number of benzene rings is 2. The Morgan fingerprint density at radius 3 is 2.50 bits per heavy atom. The molecule has 0 spiro atoms. The number of hydrogen-bond acceptors (Lipinski definition) is 4. The van der Waals surface area contributed by atoms with Gasteiger partial charge in [-0.3, -0.25) is 0 Å². The molecular formula is C18H23NO3. The average molecular weight is 301 g/mol. The first-order valence-corrected chi connectivity index (χ1v) is 7.45. The topological polar surface area (TPSA) is 39.7 Å². The van der Waals surface area contributed by atoms with Gasteiger partial charge in [0.2, 0.25) is 0 Å². The standard InChI is InChI=1S/C18H23NO3/c1-4-11-22-17-8-6-5-7-14(17)13-19-16-12-15(20-2)9-10-18(16)21-3/h5-10,12,19H,4,11,13H2,1-3H3. The maximum Gasteiger partial charge on any atom is 0.142 e. The third kappa shape index (κ3) is 4.07. The minimum absolute atomic E-state index is 0.656. The minimum atomic E-state index is 0.656. The second-order valence-electron chi connectivity index (χ2n) is 4.88. The predicted molar refractivity (Wildman–Crippen MR) is 89.1 cm³/mol. The normalized spacial score (nSPS) is 10.1. The van der Waals surface area contributed by atoms with Gasteiger partial charge in [-0.25, -0.2) is 0 Å². The molecule has 0 saturated heterocycles. The van der Waals surface area contributed by atoms with Gasteiger partial charge in [0.05, 0.1) is 26.5 Å². The first kappa shape index (κ1) is 16.0. The number of ether oxygens (including phenoxy) is 3. The van der Waals surface area contributed by atoms with Crippen molar-refractivity contribution in [2.24, 2.45) is 0 Å². The molecule has 0 radical (unpaired) electrons. The summed E-state index contributed by atoms with van der Waals surface area (Å²) in [5.74, 6) is 2.49. The fourth-order valence-electron chi connectivity index (χ4n) is 2.15. The summed E-state index contributed by atoms with van der Waals surface area (Å²) in [5, 5.41) is 3.39. The molecule has 2 aromatic carbocycles. The van der Waals surface area contributed by atoms with E-state index in [-0.39, 0.29) is 0 Å². The van der Waals surface area contributed by atoms with Crippen LogP contribution in [0.25, 0.3) is 0 Å². The Balaban J connectivity index is 2.13. The van der Waals surface area contributed by atoms with Crippen molar-refractivity contribution < 1.29 is 14.2 Å². The van der Waals surface area contributed by atoms with E-state index in [1.807, 2.05) is 36.4 Å². The van der Waals surface area contributed by atoms with E-state index in [4.69, 9.17) is 14.2 Å². The fraction of sp³-hybridized carbons (Fsp3) is 0.333. The summed E-state index contributed by atoms with van der Waals surface area (Å²) < 4.78 is 16.4. The molecule has 4 heteroatoms. The van der Waals surface area contributed by atoms with Gasteiger partial charge in [-0.15, -0.1) is 0 Å². The highest BCUT2D eigenvalue weighted by Crippen LogP contribution is 2.30. The summed E-state index contributed by atoms with van der Waals surface area (Å²) in [6, 6.07) is 13.7. The van der Waals surface area contributed by atoms with Crippen molar-refractivity contribution in [1.82, 2.24) is 0 Å². The van der Waals surface area contributed by atoms with E-state index < -0.39 is 0 Å². The molecule has 0 atom stereocenters. The van der Waals surface area contributed by atoms with E-state index in [0.717, 1.165) is 41.5 Å². The maximum absolute atomic E-state index is 5.78. The summed E-state index contributed by atoms with van der Waals surface area (Å²) >= 11 is 0. The van der Waals surface area contributed by atoms with Gasteiger partial charge in [-0.1, -0.05) is 25.1 Å². The SMILES string of the molecule is CCCOc1ccccc1CNc1cc(OC)ccc1OC. The minimum Gasteiger partial charge on any atom is -0.497 e. The molecule has 0 aliphatic rings. The molecule has 0 unspecified atom stereocenters. The number of methoxy groups -OCH3 is 2. The number of para-hydroxylation sites is 1. The van der Waals surface area contributed by atoms with Crippen LogP contribution in [-0.4, -0.2) is 20.8 Å². The summed E-state index contributed by atoms with van der Waals surface area (Å²) in [4.78, 5) is 0. The monoisotopic (exact) mass is 301 g/mol. The quantitative estimate of drug-likeness (QED) is 0.796. The van der Waals surface area contributed by atoms with E-state index in [2.05, 4.69) is 18.3 Å². The molecule has 2 aromatic rings. The molecule has 0 aliphatic heterocycles. The lowest BCUT2D eigenvalue weighted by Gasteiger charge is -2.15. The highest BCUT2D eigenvalue weighted by molar-refractivity contribution is 5.60. The first-order chi connectivity index (χ1) is 10.8. The molecule has 0 fully saturated rings. The highest BCUT2D eigenvalue weighted by atomic mass is 16.5. The average Bonchev–Trinajstić information content (AvgIpc) is 2.58. The Hall–Kier alpha value is -2.36. The third-order valence-corrected chi connectivity index (χ3v) is 3.31. The van der Waals surface area contributed by atoms with E-state index in [0.29, 0.717) is 6.54 Å². The predicted octanol–water partition coefficient (Wildman–Crippen LogP) is 4.10. The summed E-state index contributed by atoms with van der Waals surface area (Å²) in [6.07, 6.45) is 0.992. The smallest absolute Gasteiger partial charge is 0.142 e. The summed E-state index contributed by atoms with van der Waals surface area (Å²) in [7, 11) is 3.31. The number of hydrogen-bond donors (Lipinski definition) is 1.